The Bertz CT molecular complexity index is 1620. The largest absolute Gasteiger partial charge is 0.395 e. The number of rotatable bonds is 9. The fourth-order valence-electron chi connectivity index (χ4n) is 4.56. The molecule has 0 bridgehead atoms. The molecule has 0 heterocycles. The van der Waals surface area contributed by atoms with Crippen LogP contribution in [0.5, 0.6) is 0 Å². The minimum Gasteiger partial charge on any atom is -0.326 e. The molecule has 0 radical (unpaired) electrons. The highest BCUT2D eigenvalue weighted by Crippen LogP contribution is 2.65. The number of nitrogens with one attached hydrogen (secondary N) is 1. The average Bonchev–Trinajstić information content (AvgIpc) is 3.48. The molecule has 1 saturated carbocycles. The number of halogens is 11. The summed E-state index contributed by atoms with van der Waals surface area (Å²) in [6.07, 6.45) is -8.54. The Morgan fingerprint density at radius 3 is 2.09 bits per heavy atom. The van der Waals surface area contributed by atoms with Gasteiger partial charge in [0.2, 0.25) is 5.91 Å². The molecule has 228 valence electrons. The van der Waals surface area contributed by atoms with Gasteiger partial charge in [-0.1, -0.05) is 52.5 Å². The van der Waals surface area contributed by atoms with Crippen LogP contribution in [0, 0.1) is 17.6 Å². The van der Waals surface area contributed by atoms with Gasteiger partial charge in [-0.3, -0.25) is 14.4 Å². The van der Waals surface area contributed by atoms with E-state index in [1.165, 1.54) is 30.3 Å². The summed E-state index contributed by atoms with van der Waals surface area (Å²) in [5.41, 5.74) is -0.832. The third-order valence-corrected chi connectivity index (χ3v) is 9.09. The Labute approximate surface area is 271 Å². The number of carbonyl (C=O) groups is 3. The zero-order valence-electron chi connectivity index (χ0n) is 21.2. The lowest BCUT2D eigenvalue weighted by molar-refractivity contribution is -0.151. The molecule has 2 atom stereocenters. The summed E-state index contributed by atoms with van der Waals surface area (Å²) in [5, 5.41) is 2.92. The second-order valence-electron chi connectivity index (χ2n) is 9.72. The van der Waals surface area contributed by atoms with Gasteiger partial charge in [-0.25, -0.2) is 8.78 Å². The van der Waals surface area contributed by atoms with E-state index >= 15 is 4.39 Å². The third kappa shape index (κ3) is 7.57. The van der Waals surface area contributed by atoms with Gasteiger partial charge >= 0.3 is 6.18 Å². The van der Waals surface area contributed by atoms with Gasteiger partial charge in [-0.05, 0) is 47.5 Å². The minimum atomic E-state index is -4.85. The maximum Gasteiger partial charge on any atom is 0.395 e. The quantitative estimate of drug-likeness (QED) is 0.104. The summed E-state index contributed by atoms with van der Waals surface area (Å²) in [5.74, 6) is -7.04. The van der Waals surface area contributed by atoms with E-state index in [9.17, 15) is 31.9 Å². The number of hydrogen-bond acceptors (Lipinski definition) is 3. The van der Waals surface area contributed by atoms with E-state index < -0.39 is 76.3 Å². The molecule has 0 saturated heterocycles. The van der Waals surface area contributed by atoms with E-state index in [1.807, 2.05) is 0 Å². The fourth-order valence-corrected chi connectivity index (χ4v) is 6.22. The van der Waals surface area contributed by atoms with Crippen molar-refractivity contribution >= 4 is 92.8 Å². The molecule has 1 N–H and O–H groups in total. The third-order valence-electron chi connectivity index (χ3n) is 6.62. The van der Waals surface area contributed by atoms with Gasteiger partial charge in [0.25, 0.3) is 0 Å². The monoisotopic (exact) mass is 719 g/mol. The van der Waals surface area contributed by atoms with E-state index in [0.717, 1.165) is 12.1 Å². The summed E-state index contributed by atoms with van der Waals surface area (Å²) in [7, 11) is 0. The van der Waals surface area contributed by atoms with Crippen LogP contribution in [0.15, 0.2) is 42.5 Å². The SMILES string of the molecule is O=C(Cc1c(F)ccc(CC(=O)c2cc(NC(=O)[C@H]3[C@H](c4cc(Cl)c(Cl)c(Cl)c4)C3(Cl)Cl)ccc2Cl)c1F)CC(F)(F)F. The van der Waals surface area contributed by atoms with Crippen molar-refractivity contribution in [1.82, 2.24) is 0 Å². The highest BCUT2D eigenvalue weighted by atomic mass is 35.5. The summed E-state index contributed by atoms with van der Waals surface area (Å²) >= 11 is 37.1. The predicted molar refractivity (Wildman–Crippen MR) is 156 cm³/mol. The molecule has 0 aromatic heterocycles. The lowest BCUT2D eigenvalue weighted by Gasteiger charge is -2.12. The maximum atomic E-state index is 15.0. The van der Waals surface area contributed by atoms with Crippen molar-refractivity contribution in [3.05, 3.63) is 96.4 Å². The summed E-state index contributed by atoms with van der Waals surface area (Å²) < 4.78 is 65.2. The van der Waals surface area contributed by atoms with Crippen LogP contribution in [0.2, 0.25) is 20.1 Å². The summed E-state index contributed by atoms with van der Waals surface area (Å²) in [6.45, 7) is 0. The Morgan fingerprint density at radius 1 is 0.860 bits per heavy atom. The van der Waals surface area contributed by atoms with Crippen molar-refractivity contribution in [1.29, 1.82) is 0 Å². The molecule has 3 aromatic rings. The molecular weight excluding hydrogens is 706 g/mol. The number of alkyl halides is 5. The molecular formula is C28H16Cl6F5NO3. The zero-order chi connectivity index (χ0) is 32.0. The molecule has 0 unspecified atom stereocenters. The molecule has 1 amide bonds. The highest BCUT2D eigenvalue weighted by Gasteiger charge is 2.67. The molecule has 0 spiro atoms. The molecule has 43 heavy (non-hydrogen) atoms. The van der Waals surface area contributed by atoms with E-state index in [0.29, 0.717) is 5.56 Å². The number of carbonyl (C=O) groups excluding carboxylic acids is 3. The van der Waals surface area contributed by atoms with Gasteiger partial charge in [0.1, 0.15) is 28.2 Å². The van der Waals surface area contributed by atoms with Crippen molar-refractivity contribution < 1.29 is 36.3 Å². The lowest BCUT2D eigenvalue weighted by atomic mass is 9.97. The molecule has 3 aromatic carbocycles. The van der Waals surface area contributed by atoms with Gasteiger partial charge < -0.3 is 5.32 Å². The van der Waals surface area contributed by atoms with Crippen LogP contribution in [-0.2, 0) is 22.4 Å². The van der Waals surface area contributed by atoms with E-state index in [1.54, 1.807) is 0 Å². The van der Waals surface area contributed by atoms with Crippen molar-refractivity contribution in [2.75, 3.05) is 5.32 Å². The predicted octanol–water partition coefficient (Wildman–Crippen LogP) is 9.59. The molecule has 1 aliphatic carbocycles. The van der Waals surface area contributed by atoms with Crippen LogP contribution in [0.25, 0.3) is 0 Å². The van der Waals surface area contributed by atoms with Crippen molar-refractivity contribution in [3.63, 3.8) is 0 Å². The lowest BCUT2D eigenvalue weighted by Crippen LogP contribution is -2.18. The first-order valence-corrected chi connectivity index (χ1v) is 14.4. The average molecular weight is 722 g/mol. The first-order valence-electron chi connectivity index (χ1n) is 12.1. The number of Topliss-reactive ketones (excluding diaryl/α,β-unsaturated/α-hetero) is 2. The molecule has 4 rings (SSSR count). The van der Waals surface area contributed by atoms with Crippen molar-refractivity contribution in [2.45, 2.75) is 35.7 Å². The standard InChI is InChI=1S/C28H16Cl6F5NO3/c29-17-3-2-13(40-26(43)23-22(28(23,33)34)12-5-18(30)24(32)19(31)6-12)8-15(17)21(42)7-11-1-4-20(35)16(25(11)36)9-14(41)10-27(37,38)39/h1-6,8,22-23H,7,9-10H2,(H,40,43)/t22-,23+/m0/s1. The normalized spacial score (nSPS) is 17.5. The highest BCUT2D eigenvalue weighted by molar-refractivity contribution is 6.54. The van der Waals surface area contributed by atoms with Crippen LogP contribution >= 0.6 is 69.6 Å². The second kappa shape index (κ2) is 12.7. The van der Waals surface area contributed by atoms with Crippen LogP contribution in [-0.4, -0.2) is 28.0 Å². The number of hydrogen-bond donors (Lipinski definition) is 1. The summed E-state index contributed by atoms with van der Waals surface area (Å²) in [4.78, 5) is 37.8. The fraction of sp³-hybridized carbons (Fsp3) is 0.250. The van der Waals surface area contributed by atoms with E-state index in [2.05, 4.69) is 5.32 Å². The van der Waals surface area contributed by atoms with Gasteiger partial charge in [0.15, 0.2) is 5.78 Å². The van der Waals surface area contributed by atoms with Gasteiger partial charge in [-0.15, -0.1) is 23.2 Å². The van der Waals surface area contributed by atoms with Crippen LogP contribution in [0.3, 0.4) is 0 Å². The topological polar surface area (TPSA) is 63.2 Å². The molecule has 1 fully saturated rings. The van der Waals surface area contributed by atoms with Gasteiger partial charge in [0, 0.05) is 35.6 Å². The minimum absolute atomic E-state index is 0.0649. The molecule has 0 aliphatic heterocycles. The molecule has 4 nitrogen and oxygen atoms in total. The molecule has 1 aliphatic rings. The van der Waals surface area contributed by atoms with Gasteiger partial charge in [0.05, 0.1) is 26.0 Å². The second-order valence-corrected chi connectivity index (χ2v) is 12.8. The van der Waals surface area contributed by atoms with Crippen molar-refractivity contribution in [2.24, 2.45) is 5.92 Å². The van der Waals surface area contributed by atoms with E-state index in [-0.39, 0.29) is 36.9 Å². The first-order chi connectivity index (χ1) is 19.9. The Balaban J connectivity index is 1.51. The van der Waals surface area contributed by atoms with E-state index in [4.69, 9.17) is 69.6 Å². The Morgan fingerprint density at radius 2 is 1.49 bits per heavy atom. The summed E-state index contributed by atoms with van der Waals surface area (Å²) in [6, 6.07) is 8.55. The number of amides is 1. The number of ketones is 2. The molecule has 15 heteroatoms. The van der Waals surface area contributed by atoms with Crippen LogP contribution < -0.4 is 5.32 Å². The number of anilines is 1. The smallest absolute Gasteiger partial charge is 0.326 e. The number of benzene rings is 3. The zero-order valence-corrected chi connectivity index (χ0v) is 25.7. The van der Waals surface area contributed by atoms with Crippen LogP contribution in [0.1, 0.15) is 39.4 Å². The Kier molecular flexibility index (Phi) is 9.96. The maximum absolute atomic E-state index is 15.0. The Hall–Kier alpha value is -2.14. The van der Waals surface area contributed by atoms with Gasteiger partial charge in [-0.2, -0.15) is 13.2 Å². The van der Waals surface area contributed by atoms with Crippen LogP contribution in [0.4, 0.5) is 27.6 Å². The first kappa shape index (κ1) is 33.7. The van der Waals surface area contributed by atoms with Crippen molar-refractivity contribution in [3.8, 4) is 0 Å².